The molecule has 4 rings (SSSR count). The van der Waals surface area contributed by atoms with Crippen LogP contribution in [0.4, 0.5) is 13.2 Å². The number of nitrogens with two attached hydrogens (primary N) is 1. The standard InChI is InChI=1S/C19H16F3N/c20-19(21,22)18-10-17-13-8-6-12(23)9-11(13)5-7-15(17)14-3-1-2-4-16(14)18/h1-5,7,10,12H,6,8-9,23H2. The average molecular weight is 315 g/mol. The van der Waals surface area contributed by atoms with Gasteiger partial charge < -0.3 is 5.73 Å². The van der Waals surface area contributed by atoms with Gasteiger partial charge in [0.1, 0.15) is 0 Å². The number of rotatable bonds is 0. The Morgan fingerprint density at radius 3 is 2.35 bits per heavy atom. The van der Waals surface area contributed by atoms with Crippen molar-refractivity contribution in [1.29, 1.82) is 0 Å². The largest absolute Gasteiger partial charge is 0.417 e. The fourth-order valence-electron chi connectivity index (χ4n) is 3.72. The van der Waals surface area contributed by atoms with Gasteiger partial charge >= 0.3 is 6.18 Å². The minimum absolute atomic E-state index is 0.0995. The Balaban J connectivity index is 2.13. The second kappa shape index (κ2) is 4.96. The van der Waals surface area contributed by atoms with Gasteiger partial charge in [0, 0.05) is 6.04 Å². The molecule has 3 aromatic rings. The topological polar surface area (TPSA) is 26.0 Å². The summed E-state index contributed by atoms with van der Waals surface area (Å²) in [6, 6.07) is 12.2. The van der Waals surface area contributed by atoms with Crippen molar-refractivity contribution in [1.82, 2.24) is 0 Å². The second-order valence-corrected chi connectivity index (χ2v) is 6.27. The molecule has 0 bridgehead atoms. The summed E-state index contributed by atoms with van der Waals surface area (Å²) < 4.78 is 40.6. The molecule has 0 amide bonds. The van der Waals surface area contributed by atoms with E-state index in [0.29, 0.717) is 5.39 Å². The van der Waals surface area contributed by atoms with Gasteiger partial charge in [-0.2, -0.15) is 13.2 Å². The van der Waals surface area contributed by atoms with Crippen LogP contribution in [0.25, 0.3) is 21.5 Å². The third-order valence-electron chi connectivity index (χ3n) is 4.80. The summed E-state index contributed by atoms with van der Waals surface area (Å²) in [5.41, 5.74) is 7.56. The lowest BCUT2D eigenvalue weighted by atomic mass is 9.83. The molecule has 118 valence electrons. The highest BCUT2D eigenvalue weighted by Gasteiger charge is 2.33. The van der Waals surface area contributed by atoms with Crippen LogP contribution in [0.1, 0.15) is 23.1 Å². The Labute approximate surface area is 131 Å². The molecule has 0 saturated heterocycles. The van der Waals surface area contributed by atoms with E-state index in [0.717, 1.165) is 41.2 Å². The van der Waals surface area contributed by atoms with Gasteiger partial charge in [0.25, 0.3) is 0 Å². The smallest absolute Gasteiger partial charge is 0.327 e. The lowest BCUT2D eigenvalue weighted by Crippen LogP contribution is -2.27. The minimum Gasteiger partial charge on any atom is -0.327 e. The number of halogens is 3. The third kappa shape index (κ3) is 2.29. The third-order valence-corrected chi connectivity index (χ3v) is 4.80. The van der Waals surface area contributed by atoms with Gasteiger partial charge in [-0.1, -0.05) is 36.4 Å². The van der Waals surface area contributed by atoms with Gasteiger partial charge in [0.15, 0.2) is 0 Å². The van der Waals surface area contributed by atoms with Crippen molar-refractivity contribution in [2.45, 2.75) is 31.5 Å². The molecule has 0 spiro atoms. The molecule has 1 aliphatic rings. The molecule has 1 aliphatic carbocycles. The molecule has 23 heavy (non-hydrogen) atoms. The van der Waals surface area contributed by atoms with Crippen molar-refractivity contribution in [3.05, 3.63) is 59.2 Å². The van der Waals surface area contributed by atoms with Crippen molar-refractivity contribution < 1.29 is 13.2 Å². The van der Waals surface area contributed by atoms with Gasteiger partial charge in [-0.05, 0) is 58.0 Å². The molecule has 0 radical (unpaired) electrons. The zero-order chi connectivity index (χ0) is 16.2. The van der Waals surface area contributed by atoms with E-state index in [4.69, 9.17) is 5.73 Å². The maximum atomic E-state index is 13.5. The maximum absolute atomic E-state index is 13.5. The first-order chi connectivity index (χ1) is 10.9. The first-order valence-corrected chi connectivity index (χ1v) is 7.74. The fraction of sp³-hybridized carbons (Fsp3) is 0.263. The van der Waals surface area contributed by atoms with Crippen molar-refractivity contribution in [3.63, 3.8) is 0 Å². The molecule has 0 fully saturated rings. The summed E-state index contributed by atoms with van der Waals surface area (Å²) in [6.45, 7) is 0. The van der Waals surface area contributed by atoms with Crippen LogP contribution in [0.2, 0.25) is 0 Å². The lowest BCUT2D eigenvalue weighted by Gasteiger charge is -2.24. The van der Waals surface area contributed by atoms with E-state index in [1.807, 2.05) is 12.1 Å². The Morgan fingerprint density at radius 1 is 0.913 bits per heavy atom. The summed E-state index contributed by atoms with van der Waals surface area (Å²) in [5.74, 6) is 0. The van der Waals surface area contributed by atoms with Gasteiger partial charge in [0.05, 0.1) is 5.56 Å². The normalized spacial score (nSPS) is 18.3. The Kier molecular flexibility index (Phi) is 3.13. The zero-order valence-electron chi connectivity index (χ0n) is 12.5. The molecule has 4 heteroatoms. The van der Waals surface area contributed by atoms with Gasteiger partial charge in [-0.15, -0.1) is 0 Å². The van der Waals surface area contributed by atoms with Crippen molar-refractivity contribution in [2.75, 3.05) is 0 Å². The highest BCUT2D eigenvalue weighted by Crippen LogP contribution is 2.41. The highest BCUT2D eigenvalue weighted by molar-refractivity contribution is 6.10. The zero-order valence-corrected chi connectivity index (χ0v) is 12.5. The summed E-state index contributed by atoms with van der Waals surface area (Å²) in [7, 11) is 0. The molecule has 2 N–H and O–H groups in total. The van der Waals surface area contributed by atoms with Crippen LogP contribution in [-0.4, -0.2) is 6.04 Å². The summed E-state index contributed by atoms with van der Waals surface area (Å²) in [5, 5.41) is 2.54. The summed E-state index contributed by atoms with van der Waals surface area (Å²) in [4.78, 5) is 0. The fourth-order valence-corrected chi connectivity index (χ4v) is 3.72. The molecule has 0 heterocycles. The maximum Gasteiger partial charge on any atom is 0.417 e. The first-order valence-electron chi connectivity index (χ1n) is 7.74. The van der Waals surface area contributed by atoms with E-state index in [2.05, 4.69) is 0 Å². The first kappa shape index (κ1) is 14.5. The number of aryl methyl sites for hydroxylation is 1. The molecule has 1 nitrogen and oxygen atoms in total. The minimum atomic E-state index is -4.36. The second-order valence-electron chi connectivity index (χ2n) is 6.27. The van der Waals surface area contributed by atoms with Crippen LogP contribution in [0.3, 0.4) is 0 Å². The molecule has 0 aliphatic heterocycles. The number of benzene rings is 3. The Hall–Kier alpha value is -2.07. The van der Waals surface area contributed by atoms with E-state index in [1.54, 1.807) is 24.3 Å². The molecule has 3 aromatic carbocycles. The van der Waals surface area contributed by atoms with Crippen LogP contribution in [0, 0.1) is 0 Å². The van der Waals surface area contributed by atoms with Crippen LogP contribution < -0.4 is 5.73 Å². The monoisotopic (exact) mass is 315 g/mol. The quantitative estimate of drug-likeness (QED) is 0.591. The van der Waals surface area contributed by atoms with Crippen molar-refractivity contribution in [2.24, 2.45) is 5.73 Å². The van der Waals surface area contributed by atoms with Gasteiger partial charge in [-0.3, -0.25) is 0 Å². The van der Waals surface area contributed by atoms with E-state index >= 15 is 0 Å². The van der Waals surface area contributed by atoms with Gasteiger partial charge in [-0.25, -0.2) is 0 Å². The lowest BCUT2D eigenvalue weighted by molar-refractivity contribution is -0.136. The van der Waals surface area contributed by atoms with E-state index in [1.165, 1.54) is 6.07 Å². The molecular formula is C19H16F3N. The predicted molar refractivity (Wildman–Crippen MR) is 86.5 cm³/mol. The number of alkyl halides is 3. The molecule has 0 aromatic heterocycles. The molecule has 1 atom stereocenters. The van der Waals surface area contributed by atoms with Crippen LogP contribution in [-0.2, 0) is 19.0 Å². The van der Waals surface area contributed by atoms with E-state index in [-0.39, 0.29) is 11.4 Å². The van der Waals surface area contributed by atoms with Gasteiger partial charge in [0.2, 0.25) is 0 Å². The molecular weight excluding hydrogens is 299 g/mol. The van der Waals surface area contributed by atoms with E-state index in [9.17, 15) is 13.2 Å². The van der Waals surface area contributed by atoms with Crippen molar-refractivity contribution in [3.8, 4) is 0 Å². The Bertz CT molecular complexity index is 912. The van der Waals surface area contributed by atoms with Crippen LogP contribution in [0.5, 0.6) is 0 Å². The van der Waals surface area contributed by atoms with Crippen LogP contribution >= 0.6 is 0 Å². The van der Waals surface area contributed by atoms with Crippen LogP contribution in [0.15, 0.2) is 42.5 Å². The van der Waals surface area contributed by atoms with Crippen molar-refractivity contribution >= 4 is 21.5 Å². The predicted octanol–water partition coefficient (Wildman–Crippen LogP) is 4.83. The summed E-state index contributed by atoms with van der Waals surface area (Å²) in [6.07, 6.45) is -2.06. The number of hydrogen-bond donors (Lipinski definition) is 1. The number of hydrogen-bond acceptors (Lipinski definition) is 1. The Morgan fingerprint density at radius 2 is 1.61 bits per heavy atom. The van der Waals surface area contributed by atoms with E-state index < -0.39 is 11.7 Å². The SMILES string of the molecule is NC1CCc2c(ccc3c2cc(C(F)(F)F)c2ccccc23)C1. The molecule has 1 unspecified atom stereocenters. The average Bonchev–Trinajstić information content (AvgIpc) is 2.52. The highest BCUT2D eigenvalue weighted by atomic mass is 19.4. The summed E-state index contributed by atoms with van der Waals surface area (Å²) >= 11 is 0. The number of fused-ring (bicyclic) bond motifs is 5. The molecule has 0 saturated carbocycles.